The minimum atomic E-state index is 0.489. The molecule has 1 N–H and O–H groups in total. The quantitative estimate of drug-likeness (QED) is 0.745. The zero-order valence-electron chi connectivity index (χ0n) is 10.3. The van der Waals surface area contributed by atoms with Crippen LogP contribution in [0.3, 0.4) is 0 Å². The van der Waals surface area contributed by atoms with Crippen molar-refractivity contribution in [3.05, 3.63) is 41.2 Å². The highest BCUT2D eigenvalue weighted by Crippen LogP contribution is 2.20. The van der Waals surface area contributed by atoms with E-state index in [2.05, 4.69) is 15.3 Å². The molecular formula is C13H12N4OS. The molecule has 0 fully saturated rings. The van der Waals surface area contributed by atoms with Crippen LogP contribution in [0.15, 0.2) is 36.4 Å². The topological polar surface area (TPSA) is 55.2 Å². The second kappa shape index (κ2) is 4.81. The number of fused-ring (bicyclic) bond motifs is 1. The lowest BCUT2D eigenvalue weighted by Crippen LogP contribution is -1.95. The average Bonchev–Trinajstić information content (AvgIpc) is 2.81. The van der Waals surface area contributed by atoms with Crippen molar-refractivity contribution in [3.8, 4) is 17.0 Å². The first-order chi connectivity index (χ1) is 9.28. The molecule has 19 heavy (non-hydrogen) atoms. The Hall–Kier alpha value is -2.21. The fourth-order valence-electron chi connectivity index (χ4n) is 1.85. The third-order valence-corrected chi connectivity index (χ3v) is 3.00. The number of hydrogen-bond donors (Lipinski definition) is 1. The van der Waals surface area contributed by atoms with E-state index in [0.717, 1.165) is 17.0 Å². The third-order valence-electron chi connectivity index (χ3n) is 2.73. The first kappa shape index (κ1) is 11.9. The van der Waals surface area contributed by atoms with Gasteiger partial charge in [0.1, 0.15) is 5.75 Å². The Morgan fingerprint density at radius 3 is 2.74 bits per heavy atom. The van der Waals surface area contributed by atoms with E-state index in [1.165, 1.54) is 0 Å². The van der Waals surface area contributed by atoms with Gasteiger partial charge in [0.2, 0.25) is 4.77 Å². The number of ether oxygens (including phenoxy) is 1. The molecule has 0 unspecified atom stereocenters. The second-order valence-corrected chi connectivity index (χ2v) is 4.36. The molecule has 0 spiro atoms. The largest absolute Gasteiger partial charge is 0.494 e. The van der Waals surface area contributed by atoms with Crippen LogP contribution in [0.25, 0.3) is 16.9 Å². The highest BCUT2D eigenvalue weighted by molar-refractivity contribution is 7.71. The predicted octanol–water partition coefficient (Wildman–Crippen LogP) is 2.85. The van der Waals surface area contributed by atoms with Crippen molar-refractivity contribution >= 4 is 17.9 Å². The summed E-state index contributed by atoms with van der Waals surface area (Å²) in [7, 11) is 0. The van der Waals surface area contributed by atoms with Gasteiger partial charge in [-0.05, 0) is 55.5 Å². The molecule has 96 valence electrons. The number of benzene rings is 1. The van der Waals surface area contributed by atoms with E-state index < -0.39 is 0 Å². The SMILES string of the molecule is CCOc1ccc(-c2ccc3n[nH]c(=S)n3n2)cc1. The first-order valence-corrected chi connectivity index (χ1v) is 6.36. The lowest BCUT2D eigenvalue weighted by atomic mass is 10.1. The van der Waals surface area contributed by atoms with Crippen molar-refractivity contribution in [1.82, 2.24) is 19.8 Å². The molecule has 2 aromatic heterocycles. The van der Waals surface area contributed by atoms with E-state index >= 15 is 0 Å². The number of aromatic amines is 1. The van der Waals surface area contributed by atoms with Crippen molar-refractivity contribution < 1.29 is 4.74 Å². The lowest BCUT2D eigenvalue weighted by molar-refractivity contribution is 0.340. The number of aromatic nitrogens is 4. The molecule has 0 aliphatic rings. The second-order valence-electron chi connectivity index (χ2n) is 3.97. The highest BCUT2D eigenvalue weighted by atomic mass is 32.1. The standard InChI is InChI=1S/C13H12N4OS/c1-2-18-10-5-3-9(4-6-10)11-7-8-12-14-15-13(19)17(12)16-11/h3-8H,2H2,1H3,(H,15,19). The molecule has 1 aromatic carbocycles. The van der Waals surface area contributed by atoms with Crippen LogP contribution < -0.4 is 4.74 Å². The first-order valence-electron chi connectivity index (χ1n) is 5.95. The third kappa shape index (κ3) is 2.22. The Morgan fingerprint density at radius 2 is 2.00 bits per heavy atom. The Balaban J connectivity index is 2.03. The molecule has 0 radical (unpaired) electrons. The molecular weight excluding hydrogens is 260 g/mol. The predicted molar refractivity (Wildman–Crippen MR) is 74.8 cm³/mol. The van der Waals surface area contributed by atoms with Crippen molar-refractivity contribution in [2.24, 2.45) is 0 Å². The van der Waals surface area contributed by atoms with Gasteiger partial charge in [0, 0.05) is 5.56 Å². The Morgan fingerprint density at radius 1 is 1.21 bits per heavy atom. The molecule has 2 heterocycles. The van der Waals surface area contributed by atoms with Gasteiger partial charge in [-0.15, -0.1) is 0 Å². The van der Waals surface area contributed by atoms with E-state index in [1.54, 1.807) is 4.52 Å². The summed E-state index contributed by atoms with van der Waals surface area (Å²) in [5.74, 6) is 0.854. The van der Waals surface area contributed by atoms with Gasteiger partial charge in [-0.2, -0.15) is 14.7 Å². The summed E-state index contributed by atoms with van der Waals surface area (Å²) in [6, 6.07) is 11.6. The molecule has 3 aromatic rings. The number of nitrogens with one attached hydrogen (secondary N) is 1. The lowest BCUT2D eigenvalue weighted by Gasteiger charge is -2.04. The number of H-pyrrole nitrogens is 1. The molecule has 0 aliphatic heterocycles. The van der Waals surface area contributed by atoms with Gasteiger partial charge in [0.15, 0.2) is 5.65 Å². The van der Waals surface area contributed by atoms with Gasteiger partial charge in [-0.3, -0.25) is 0 Å². The summed E-state index contributed by atoms with van der Waals surface area (Å²) in [4.78, 5) is 0. The summed E-state index contributed by atoms with van der Waals surface area (Å²) in [6.45, 7) is 2.62. The zero-order chi connectivity index (χ0) is 13.2. The van der Waals surface area contributed by atoms with Crippen LogP contribution in [0.2, 0.25) is 0 Å². The van der Waals surface area contributed by atoms with Gasteiger partial charge < -0.3 is 4.74 Å². The smallest absolute Gasteiger partial charge is 0.216 e. The van der Waals surface area contributed by atoms with Crippen LogP contribution in [0.1, 0.15) is 6.92 Å². The van der Waals surface area contributed by atoms with Gasteiger partial charge >= 0.3 is 0 Å². The van der Waals surface area contributed by atoms with E-state index in [-0.39, 0.29) is 0 Å². The minimum Gasteiger partial charge on any atom is -0.494 e. The monoisotopic (exact) mass is 272 g/mol. The Kier molecular flexibility index (Phi) is 3.00. The van der Waals surface area contributed by atoms with E-state index in [0.29, 0.717) is 17.0 Å². The number of hydrogen-bond acceptors (Lipinski definition) is 4. The maximum absolute atomic E-state index is 5.42. The van der Waals surface area contributed by atoms with Crippen LogP contribution in [0.4, 0.5) is 0 Å². The summed E-state index contributed by atoms with van der Waals surface area (Å²) < 4.78 is 7.52. The highest BCUT2D eigenvalue weighted by Gasteiger charge is 2.04. The van der Waals surface area contributed by atoms with E-state index in [4.69, 9.17) is 17.0 Å². The van der Waals surface area contributed by atoms with Crippen LogP contribution in [-0.4, -0.2) is 26.4 Å². The minimum absolute atomic E-state index is 0.489. The number of nitrogens with zero attached hydrogens (tertiary/aromatic N) is 3. The molecule has 0 bridgehead atoms. The molecule has 5 nitrogen and oxygen atoms in total. The van der Waals surface area contributed by atoms with Gasteiger partial charge in [-0.1, -0.05) is 0 Å². The van der Waals surface area contributed by atoms with Crippen molar-refractivity contribution in [3.63, 3.8) is 0 Å². The van der Waals surface area contributed by atoms with Crippen LogP contribution >= 0.6 is 12.2 Å². The molecule has 0 aliphatic carbocycles. The van der Waals surface area contributed by atoms with Gasteiger partial charge in [-0.25, -0.2) is 5.10 Å². The van der Waals surface area contributed by atoms with E-state index in [1.807, 2.05) is 43.3 Å². The molecule has 0 atom stereocenters. The summed E-state index contributed by atoms with van der Waals surface area (Å²) in [5.41, 5.74) is 2.56. The van der Waals surface area contributed by atoms with Gasteiger partial charge in [0.05, 0.1) is 12.3 Å². The van der Waals surface area contributed by atoms with Crippen molar-refractivity contribution in [2.45, 2.75) is 6.92 Å². The van der Waals surface area contributed by atoms with Crippen molar-refractivity contribution in [2.75, 3.05) is 6.61 Å². The average molecular weight is 272 g/mol. The Bertz CT molecular complexity index is 760. The molecule has 6 heteroatoms. The zero-order valence-corrected chi connectivity index (χ0v) is 11.1. The van der Waals surface area contributed by atoms with Crippen molar-refractivity contribution in [1.29, 1.82) is 0 Å². The maximum atomic E-state index is 5.42. The summed E-state index contributed by atoms with van der Waals surface area (Å²) >= 11 is 5.11. The number of rotatable bonds is 3. The van der Waals surface area contributed by atoms with Gasteiger partial charge in [0.25, 0.3) is 0 Å². The maximum Gasteiger partial charge on any atom is 0.216 e. The molecule has 0 saturated heterocycles. The van der Waals surface area contributed by atoms with E-state index in [9.17, 15) is 0 Å². The van der Waals surface area contributed by atoms with Crippen LogP contribution in [0.5, 0.6) is 5.75 Å². The molecule has 0 amide bonds. The van der Waals surface area contributed by atoms with Crippen LogP contribution in [-0.2, 0) is 0 Å². The normalized spacial score (nSPS) is 10.8. The fraction of sp³-hybridized carbons (Fsp3) is 0.154. The summed E-state index contributed by atoms with van der Waals surface area (Å²) in [6.07, 6.45) is 0. The Labute approximate surface area is 114 Å². The fourth-order valence-corrected chi connectivity index (χ4v) is 2.03. The molecule has 3 rings (SSSR count). The van der Waals surface area contributed by atoms with Crippen LogP contribution in [0, 0.1) is 4.77 Å². The molecule has 0 saturated carbocycles. The summed E-state index contributed by atoms with van der Waals surface area (Å²) in [5, 5.41) is 11.2.